The van der Waals surface area contributed by atoms with Gasteiger partial charge < -0.3 is 9.80 Å². The Labute approximate surface area is 228 Å². The molecule has 0 radical (unpaired) electrons. The molecule has 2 saturated heterocycles. The second-order valence-electron chi connectivity index (χ2n) is 9.62. The van der Waals surface area contributed by atoms with Crippen LogP contribution in [0.15, 0.2) is 83.8 Å². The number of sulfonamides is 1. The van der Waals surface area contributed by atoms with Gasteiger partial charge in [0, 0.05) is 38.3 Å². The molecule has 0 bridgehead atoms. The van der Waals surface area contributed by atoms with Crippen molar-refractivity contribution in [3.8, 4) is 0 Å². The van der Waals surface area contributed by atoms with Crippen molar-refractivity contribution < 1.29 is 18.0 Å². The number of thioether (sulfide) groups is 1. The second kappa shape index (κ2) is 11.3. The van der Waals surface area contributed by atoms with Gasteiger partial charge in [-0.2, -0.15) is 4.31 Å². The minimum Gasteiger partial charge on any atom is -0.336 e. The van der Waals surface area contributed by atoms with Crippen LogP contribution in [0.3, 0.4) is 0 Å². The zero-order valence-corrected chi connectivity index (χ0v) is 23.0. The van der Waals surface area contributed by atoms with Gasteiger partial charge in [0.2, 0.25) is 15.9 Å². The molecule has 3 aromatic carbocycles. The van der Waals surface area contributed by atoms with Gasteiger partial charge >= 0.3 is 0 Å². The predicted molar refractivity (Wildman–Crippen MR) is 149 cm³/mol. The number of aryl methyl sites for hydroxylation is 1. The minimum absolute atomic E-state index is 0.0640. The van der Waals surface area contributed by atoms with Crippen LogP contribution >= 0.6 is 11.8 Å². The fourth-order valence-electron chi connectivity index (χ4n) is 4.83. The van der Waals surface area contributed by atoms with Crippen molar-refractivity contribution in [1.29, 1.82) is 0 Å². The van der Waals surface area contributed by atoms with Crippen LogP contribution in [0, 0.1) is 6.92 Å². The van der Waals surface area contributed by atoms with E-state index in [1.165, 1.54) is 9.87 Å². The van der Waals surface area contributed by atoms with Gasteiger partial charge in [-0.15, -0.1) is 11.8 Å². The number of hydrogen-bond donors (Lipinski definition) is 0. The molecule has 2 amide bonds. The lowest BCUT2D eigenvalue weighted by Gasteiger charge is -2.34. The lowest BCUT2D eigenvalue weighted by molar-refractivity contribution is -0.128. The van der Waals surface area contributed by atoms with E-state index in [1.54, 1.807) is 40.9 Å². The molecule has 0 spiro atoms. The van der Waals surface area contributed by atoms with Crippen molar-refractivity contribution in [2.24, 2.45) is 0 Å². The summed E-state index contributed by atoms with van der Waals surface area (Å²) < 4.78 is 27.4. The molecular weight excluding hydrogens is 518 g/mol. The molecule has 0 N–H and O–H groups in total. The summed E-state index contributed by atoms with van der Waals surface area (Å²) in [7, 11) is -3.58. The Morgan fingerprint density at radius 3 is 2.21 bits per heavy atom. The van der Waals surface area contributed by atoms with Crippen LogP contribution in [0.4, 0.5) is 0 Å². The summed E-state index contributed by atoms with van der Waals surface area (Å²) in [6.45, 7) is 3.77. The Balaban J connectivity index is 1.20. The van der Waals surface area contributed by atoms with E-state index in [4.69, 9.17) is 0 Å². The normalized spacial score (nSPS) is 18.7. The SMILES string of the molecule is Cc1ccc(S(=O)(=O)N2CCN(C(=O)c3ccc(C4SCC(=O)N4CCc4ccccc4)cc3)CC2)cc1. The van der Waals surface area contributed by atoms with Crippen LogP contribution in [0.2, 0.25) is 0 Å². The predicted octanol–water partition coefficient (Wildman–Crippen LogP) is 3.96. The molecule has 2 heterocycles. The van der Waals surface area contributed by atoms with Gasteiger partial charge in [0.1, 0.15) is 5.37 Å². The van der Waals surface area contributed by atoms with Gasteiger partial charge in [-0.3, -0.25) is 9.59 Å². The van der Waals surface area contributed by atoms with E-state index >= 15 is 0 Å². The molecule has 3 aromatic rings. The highest BCUT2D eigenvalue weighted by molar-refractivity contribution is 8.00. The molecule has 1 unspecified atom stereocenters. The number of hydrogen-bond acceptors (Lipinski definition) is 5. The van der Waals surface area contributed by atoms with Crippen LogP contribution < -0.4 is 0 Å². The molecule has 0 aliphatic carbocycles. The molecule has 0 saturated carbocycles. The first-order valence-corrected chi connectivity index (χ1v) is 15.2. The molecule has 0 aromatic heterocycles. The average molecular weight is 550 g/mol. The maximum atomic E-state index is 13.2. The third kappa shape index (κ3) is 5.65. The zero-order valence-electron chi connectivity index (χ0n) is 21.3. The van der Waals surface area contributed by atoms with Crippen LogP contribution in [-0.4, -0.2) is 72.8 Å². The number of carbonyl (C=O) groups excluding carboxylic acids is 2. The molecular formula is C29H31N3O4S2. The van der Waals surface area contributed by atoms with Gasteiger partial charge in [-0.1, -0.05) is 60.2 Å². The Hall–Kier alpha value is -3.14. The van der Waals surface area contributed by atoms with E-state index < -0.39 is 10.0 Å². The highest BCUT2D eigenvalue weighted by Crippen LogP contribution is 2.38. The van der Waals surface area contributed by atoms with Crippen molar-refractivity contribution >= 4 is 33.6 Å². The van der Waals surface area contributed by atoms with Gasteiger partial charge in [-0.05, 0) is 48.7 Å². The van der Waals surface area contributed by atoms with Crippen molar-refractivity contribution in [3.63, 3.8) is 0 Å². The van der Waals surface area contributed by atoms with Gasteiger partial charge in [-0.25, -0.2) is 8.42 Å². The van der Waals surface area contributed by atoms with Crippen molar-refractivity contribution in [2.45, 2.75) is 23.6 Å². The molecule has 1 atom stereocenters. The summed E-state index contributed by atoms with van der Waals surface area (Å²) in [6, 6.07) is 24.5. The summed E-state index contributed by atoms with van der Waals surface area (Å²) in [5, 5.41) is -0.0640. The zero-order chi connectivity index (χ0) is 26.7. The van der Waals surface area contributed by atoms with E-state index in [0.29, 0.717) is 31.0 Å². The molecule has 198 valence electrons. The smallest absolute Gasteiger partial charge is 0.253 e. The topological polar surface area (TPSA) is 78.0 Å². The number of carbonyl (C=O) groups is 2. The average Bonchev–Trinajstić information content (AvgIpc) is 3.32. The number of nitrogens with zero attached hydrogens (tertiary/aromatic N) is 3. The van der Waals surface area contributed by atoms with Gasteiger partial charge in [0.25, 0.3) is 5.91 Å². The second-order valence-corrected chi connectivity index (χ2v) is 12.6. The third-order valence-electron chi connectivity index (χ3n) is 7.08. The van der Waals surface area contributed by atoms with E-state index in [9.17, 15) is 18.0 Å². The highest BCUT2D eigenvalue weighted by Gasteiger charge is 2.33. The fourth-order valence-corrected chi connectivity index (χ4v) is 7.47. The number of amides is 2. The first-order valence-electron chi connectivity index (χ1n) is 12.7. The quantitative estimate of drug-likeness (QED) is 0.446. The van der Waals surface area contributed by atoms with Gasteiger partial charge in [0.15, 0.2) is 0 Å². The summed E-state index contributed by atoms with van der Waals surface area (Å²) in [4.78, 5) is 29.6. The van der Waals surface area contributed by atoms with Crippen LogP contribution in [0.25, 0.3) is 0 Å². The van der Waals surface area contributed by atoms with Crippen LogP contribution in [-0.2, 0) is 21.2 Å². The standard InChI is InChI=1S/C29H31N3O4S2/c1-22-7-13-26(14-8-22)38(35,36)31-19-17-30(18-20-31)28(34)24-9-11-25(12-10-24)29-32(27(33)21-37-29)16-15-23-5-3-2-4-6-23/h2-14,29H,15-21H2,1H3. The van der Waals surface area contributed by atoms with Crippen molar-refractivity contribution in [3.05, 3.63) is 101 Å². The van der Waals surface area contributed by atoms with E-state index in [1.807, 2.05) is 54.3 Å². The maximum Gasteiger partial charge on any atom is 0.253 e. The van der Waals surface area contributed by atoms with Crippen LogP contribution in [0.1, 0.15) is 32.4 Å². The maximum absolute atomic E-state index is 13.2. The fraction of sp³-hybridized carbons (Fsp3) is 0.310. The van der Waals surface area contributed by atoms with Crippen LogP contribution in [0.5, 0.6) is 0 Å². The summed E-state index contributed by atoms with van der Waals surface area (Å²) in [6.07, 6.45) is 0.797. The summed E-state index contributed by atoms with van der Waals surface area (Å²) in [5.41, 5.74) is 3.76. The Bertz CT molecular complexity index is 1390. The third-order valence-corrected chi connectivity index (χ3v) is 10.2. The molecule has 7 nitrogen and oxygen atoms in total. The first-order chi connectivity index (χ1) is 18.3. The lowest BCUT2D eigenvalue weighted by Crippen LogP contribution is -2.50. The number of piperazine rings is 1. The number of benzene rings is 3. The molecule has 2 fully saturated rings. The molecule has 2 aliphatic rings. The molecule has 9 heteroatoms. The molecule has 38 heavy (non-hydrogen) atoms. The van der Waals surface area contributed by atoms with Crippen molar-refractivity contribution in [2.75, 3.05) is 38.5 Å². The largest absolute Gasteiger partial charge is 0.336 e. The number of rotatable bonds is 7. The summed E-state index contributed by atoms with van der Waals surface area (Å²) >= 11 is 1.61. The minimum atomic E-state index is -3.58. The van der Waals surface area contributed by atoms with Gasteiger partial charge in [0.05, 0.1) is 10.6 Å². The highest BCUT2D eigenvalue weighted by atomic mass is 32.2. The molecule has 5 rings (SSSR count). The molecule has 2 aliphatic heterocycles. The van der Waals surface area contributed by atoms with E-state index in [2.05, 4.69) is 12.1 Å². The van der Waals surface area contributed by atoms with E-state index in [0.717, 1.165) is 17.5 Å². The summed E-state index contributed by atoms with van der Waals surface area (Å²) in [5.74, 6) is 0.477. The van der Waals surface area contributed by atoms with Crippen molar-refractivity contribution in [1.82, 2.24) is 14.1 Å². The Morgan fingerprint density at radius 1 is 0.895 bits per heavy atom. The monoisotopic (exact) mass is 549 g/mol. The lowest BCUT2D eigenvalue weighted by atomic mass is 10.1. The Morgan fingerprint density at radius 2 is 1.55 bits per heavy atom. The van der Waals surface area contributed by atoms with E-state index in [-0.39, 0.29) is 35.2 Å². The Kier molecular flexibility index (Phi) is 7.88. The first kappa shape index (κ1) is 26.5.